The quantitative estimate of drug-likeness (QED) is 0.847. The number of allylic oxidation sites excluding steroid dienone is 2. The number of hydrogen-bond acceptors (Lipinski definition) is 2. The lowest BCUT2D eigenvalue weighted by Crippen LogP contribution is -2.25. The molecule has 2 aliphatic carbocycles. The molecule has 1 atom stereocenters. The van der Waals surface area contributed by atoms with Crippen molar-refractivity contribution >= 4 is 17.0 Å². The highest BCUT2D eigenvalue weighted by Gasteiger charge is 2.44. The van der Waals surface area contributed by atoms with Crippen molar-refractivity contribution in [1.29, 1.82) is 0 Å². The summed E-state index contributed by atoms with van der Waals surface area (Å²) in [5.41, 5.74) is 10.1. The van der Waals surface area contributed by atoms with Crippen LogP contribution in [0.15, 0.2) is 12.1 Å². The Morgan fingerprint density at radius 3 is 2.90 bits per heavy atom. The Kier molecular flexibility index (Phi) is 3.39. The summed E-state index contributed by atoms with van der Waals surface area (Å²) >= 11 is 0. The summed E-state index contributed by atoms with van der Waals surface area (Å²) in [5.74, 6) is -0.198. The molecule has 0 radical (unpaired) electrons. The zero-order chi connectivity index (χ0) is 15.2. The van der Waals surface area contributed by atoms with Crippen LogP contribution in [-0.2, 0) is 11.2 Å². The summed E-state index contributed by atoms with van der Waals surface area (Å²) in [4.78, 5) is 11.9. The fourth-order valence-electron chi connectivity index (χ4n) is 3.94. The lowest BCUT2D eigenvalue weighted by atomic mass is 9.69. The van der Waals surface area contributed by atoms with E-state index >= 15 is 0 Å². The first-order chi connectivity index (χ1) is 9.98. The molecule has 1 aromatic carbocycles. The molecule has 0 fully saturated rings. The number of hydrogen-bond donors (Lipinski definition) is 1. The number of unbranched alkanes of at least 4 members (excludes halogenated alkanes) is 1. The number of rotatable bonds is 3. The lowest BCUT2D eigenvalue weighted by molar-refractivity contribution is -0.115. The Morgan fingerprint density at radius 2 is 2.19 bits per heavy atom. The molecule has 1 unspecified atom stereocenters. The first-order valence-corrected chi connectivity index (χ1v) is 7.81. The third-order valence-corrected chi connectivity index (χ3v) is 5.25. The molecule has 0 heterocycles. The van der Waals surface area contributed by atoms with Gasteiger partial charge in [0.25, 0.3) is 0 Å². The van der Waals surface area contributed by atoms with E-state index in [0.29, 0.717) is 6.42 Å². The van der Waals surface area contributed by atoms with Crippen LogP contribution in [0.1, 0.15) is 55.7 Å². The van der Waals surface area contributed by atoms with Crippen LogP contribution >= 0.6 is 0 Å². The molecule has 1 aromatic rings. The number of carbonyl (C=O) groups is 1. The van der Waals surface area contributed by atoms with Gasteiger partial charge < -0.3 is 5.73 Å². The zero-order valence-electron chi connectivity index (χ0n) is 12.8. The first kappa shape index (κ1) is 14.3. The number of nitrogens with two attached hydrogens (primary N) is 1. The first-order valence-electron chi connectivity index (χ1n) is 7.81. The maximum Gasteiger partial charge on any atom is 0.156 e. The highest BCUT2D eigenvalue weighted by Crippen LogP contribution is 2.55. The van der Waals surface area contributed by atoms with Gasteiger partial charge in [-0.15, -0.1) is 0 Å². The third-order valence-electron chi connectivity index (χ3n) is 5.25. The van der Waals surface area contributed by atoms with Crippen LogP contribution in [0.2, 0.25) is 0 Å². The summed E-state index contributed by atoms with van der Waals surface area (Å²) in [6, 6.07) is 1.54. The summed E-state index contributed by atoms with van der Waals surface area (Å²) in [5, 5.41) is 0. The van der Waals surface area contributed by atoms with Crippen LogP contribution < -0.4 is 5.73 Å². The number of halogens is 1. The molecule has 21 heavy (non-hydrogen) atoms. The van der Waals surface area contributed by atoms with E-state index in [-0.39, 0.29) is 22.7 Å². The van der Waals surface area contributed by atoms with Gasteiger partial charge in [0.15, 0.2) is 5.78 Å². The van der Waals surface area contributed by atoms with Crippen LogP contribution in [0.5, 0.6) is 0 Å². The number of carbonyl (C=O) groups excluding carboxylic acids is 1. The minimum absolute atomic E-state index is 0.0250. The normalized spacial score (nSPS) is 23.8. The van der Waals surface area contributed by atoms with Gasteiger partial charge in [0.05, 0.1) is 5.69 Å². The Labute approximate surface area is 125 Å². The molecule has 0 amide bonds. The van der Waals surface area contributed by atoms with Crippen molar-refractivity contribution in [1.82, 2.24) is 0 Å². The lowest BCUT2D eigenvalue weighted by Gasteiger charge is -2.34. The Hall–Kier alpha value is -1.64. The Bertz CT molecular complexity index is 647. The number of nitrogen functional groups attached to an aromatic ring is 1. The number of anilines is 1. The second-order valence-electron chi connectivity index (χ2n) is 6.51. The fraction of sp³-hybridized carbons (Fsp3) is 0.500. The van der Waals surface area contributed by atoms with Crippen LogP contribution in [-0.4, -0.2) is 5.78 Å². The molecule has 0 saturated heterocycles. The van der Waals surface area contributed by atoms with E-state index in [1.54, 1.807) is 6.08 Å². The van der Waals surface area contributed by atoms with Crippen molar-refractivity contribution in [2.75, 3.05) is 5.73 Å². The van der Waals surface area contributed by atoms with Gasteiger partial charge in [0.1, 0.15) is 5.82 Å². The van der Waals surface area contributed by atoms with Crippen molar-refractivity contribution < 1.29 is 9.18 Å². The number of fused-ring (bicyclic) bond motifs is 3. The maximum atomic E-state index is 14.0. The monoisotopic (exact) mass is 287 g/mol. The second kappa shape index (κ2) is 4.97. The van der Waals surface area contributed by atoms with Gasteiger partial charge in [-0.05, 0) is 60.6 Å². The van der Waals surface area contributed by atoms with Crippen molar-refractivity contribution in [3.05, 3.63) is 34.6 Å². The van der Waals surface area contributed by atoms with Crippen molar-refractivity contribution in [2.45, 2.75) is 52.4 Å². The van der Waals surface area contributed by atoms with Gasteiger partial charge >= 0.3 is 0 Å². The largest absolute Gasteiger partial charge is 0.396 e. The molecule has 2 aliphatic rings. The number of benzene rings is 1. The van der Waals surface area contributed by atoms with Crippen LogP contribution in [0.4, 0.5) is 10.1 Å². The topological polar surface area (TPSA) is 43.1 Å². The average molecular weight is 287 g/mol. The highest BCUT2D eigenvalue weighted by molar-refractivity contribution is 6.01. The van der Waals surface area contributed by atoms with Gasteiger partial charge in [0, 0.05) is 11.8 Å². The van der Waals surface area contributed by atoms with Crippen LogP contribution in [0.25, 0.3) is 5.57 Å². The molecule has 3 heteroatoms. The fourth-order valence-corrected chi connectivity index (χ4v) is 3.94. The van der Waals surface area contributed by atoms with E-state index in [9.17, 15) is 9.18 Å². The van der Waals surface area contributed by atoms with E-state index in [4.69, 9.17) is 5.73 Å². The molecule has 2 N–H and O–H groups in total. The summed E-state index contributed by atoms with van der Waals surface area (Å²) in [7, 11) is 0. The average Bonchev–Trinajstić information content (AvgIpc) is 2.78. The highest BCUT2D eigenvalue weighted by atomic mass is 19.1. The van der Waals surface area contributed by atoms with Crippen molar-refractivity contribution in [2.24, 2.45) is 5.41 Å². The third kappa shape index (κ3) is 2.10. The minimum Gasteiger partial charge on any atom is -0.396 e. The standard InChI is InChI=1S/C18H22FNO/c1-3-4-6-18-7-5-12(21)8-15(18)13-9-16(19)17(20)11(2)14(13)10-18/h8-9H,3-7,10,20H2,1-2H3. The molecule has 2 nitrogen and oxygen atoms in total. The van der Waals surface area contributed by atoms with E-state index < -0.39 is 0 Å². The van der Waals surface area contributed by atoms with Gasteiger partial charge in [0.2, 0.25) is 0 Å². The predicted octanol–water partition coefficient (Wildman–Crippen LogP) is 4.20. The minimum atomic E-state index is -0.364. The van der Waals surface area contributed by atoms with E-state index in [0.717, 1.165) is 54.4 Å². The second-order valence-corrected chi connectivity index (χ2v) is 6.51. The molecular formula is C18H22FNO. The molecule has 0 bridgehead atoms. The molecule has 112 valence electrons. The van der Waals surface area contributed by atoms with Crippen molar-refractivity contribution in [3.8, 4) is 0 Å². The molecule has 3 rings (SSSR count). The van der Waals surface area contributed by atoms with Gasteiger partial charge in [-0.1, -0.05) is 19.8 Å². The number of ketones is 1. The van der Waals surface area contributed by atoms with E-state index in [2.05, 4.69) is 6.92 Å². The van der Waals surface area contributed by atoms with Gasteiger partial charge in [-0.2, -0.15) is 0 Å². The summed E-state index contributed by atoms with van der Waals surface area (Å²) in [6.07, 6.45) is 7.49. The Morgan fingerprint density at radius 1 is 1.43 bits per heavy atom. The smallest absolute Gasteiger partial charge is 0.156 e. The summed E-state index contributed by atoms with van der Waals surface area (Å²) in [6.45, 7) is 4.07. The van der Waals surface area contributed by atoms with Crippen molar-refractivity contribution in [3.63, 3.8) is 0 Å². The van der Waals surface area contributed by atoms with Gasteiger partial charge in [-0.25, -0.2) is 4.39 Å². The molecule has 0 spiro atoms. The molecular weight excluding hydrogens is 265 g/mol. The molecule has 0 aromatic heterocycles. The SMILES string of the molecule is CCCCC12CCC(=O)C=C1c1cc(F)c(N)c(C)c1C2. The molecule has 0 saturated carbocycles. The summed E-state index contributed by atoms with van der Waals surface area (Å²) < 4.78 is 14.0. The van der Waals surface area contributed by atoms with Gasteiger partial charge in [-0.3, -0.25) is 4.79 Å². The maximum absolute atomic E-state index is 14.0. The Balaban J connectivity index is 2.16. The molecule has 0 aliphatic heterocycles. The predicted molar refractivity (Wildman–Crippen MR) is 83.4 cm³/mol. The van der Waals surface area contributed by atoms with E-state index in [1.165, 1.54) is 6.07 Å². The zero-order valence-corrected chi connectivity index (χ0v) is 12.8. The van der Waals surface area contributed by atoms with Crippen LogP contribution in [0.3, 0.4) is 0 Å². The van der Waals surface area contributed by atoms with Crippen LogP contribution in [0, 0.1) is 18.2 Å². The van der Waals surface area contributed by atoms with E-state index in [1.807, 2.05) is 6.92 Å².